The van der Waals surface area contributed by atoms with Gasteiger partial charge < -0.3 is 15.1 Å². The van der Waals surface area contributed by atoms with Gasteiger partial charge in [0, 0.05) is 55.9 Å². The molecule has 1 aromatic carbocycles. The molecule has 7 heteroatoms. The number of rotatable bonds is 8. The van der Waals surface area contributed by atoms with Crippen molar-refractivity contribution in [2.45, 2.75) is 70.4 Å². The van der Waals surface area contributed by atoms with E-state index in [2.05, 4.69) is 22.0 Å². The number of benzene rings is 1. The van der Waals surface area contributed by atoms with Gasteiger partial charge in [-0.2, -0.15) is 0 Å². The number of nitrogens with zero attached hydrogens (tertiary/aromatic N) is 3. The van der Waals surface area contributed by atoms with E-state index in [1.807, 2.05) is 17.0 Å². The zero-order valence-electron chi connectivity index (χ0n) is 20.7. The first-order valence-corrected chi connectivity index (χ1v) is 13.7. The van der Waals surface area contributed by atoms with Crippen molar-refractivity contribution in [2.75, 3.05) is 45.8 Å². The second-order valence-electron chi connectivity index (χ2n) is 10.4. The highest BCUT2D eigenvalue weighted by atomic mass is 35.5. The smallest absolute Gasteiger partial charge is 0.253 e. The number of likely N-dealkylation sites (tertiary alicyclic amines) is 1. The molecule has 1 saturated carbocycles. The van der Waals surface area contributed by atoms with E-state index in [0.717, 1.165) is 45.4 Å². The summed E-state index contributed by atoms with van der Waals surface area (Å²) in [6, 6.07) is 7.75. The average Bonchev–Trinajstić information content (AvgIpc) is 3.37. The molecule has 1 aromatic rings. The predicted octanol–water partition coefficient (Wildman–Crippen LogP) is 4.04. The van der Waals surface area contributed by atoms with Crippen LogP contribution in [0.25, 0.3) is 0 Å². The number of piperidine rings is 1. The summed E-state index contributed by atoms with van der Waals surface area (Å²) in [5.74, 6) is 0.640. The van der Waals surface area contributed by atoms with Crippen LogP contribution in [-0.4, -0.2) is 84.4 Å². The van der Waals surface area contributed by atoms with Crippen molar-refractivity contribution in [3.05, 3.63) is 34.9 Å². The summed E-state index contributed by atoms with van der Waals surface area (Å²) in [5, 5.41) is 3.86. The van der Waals surface area contributed by atoms with Gasteiger partial charge in [0.1, 0.15) is 0 Å². The second kappa shape index (κ2) is 12.4. The van der Waals surface area contributed by atoms with Gasteiger partial charge in [-0.3, -0.25) is 14.5 Å². The van der Waals surface area contributed by atoms with Crippen molar-refractivity contribution in [2.24, 2.45) is 5.92 Å². The Morgan fingerprint density at radius 2 is 1.76 bits per heavy atom. The summed E-state index contributed by atoms with van der Waals surface area (Å²) < 4.78 is 0. The number of halogens is 1. The first-order chi connectivity index (χ1) is 16.5. The van der Waals surface area contributed by atoms with Gasteiger partial charge in [0.05, 0.1) is 6.04 Å². The highest BCUT2D eigenvalue weighted by Crippen LogP contribution is 2.31. The molecule has 1 N–H and O–H groups in total. The lowest BCUT2D eigenvalue weighted by molar-refractivity contribution is -0.129. The van der Waals surface area contributed by atoms with Crippen LogP contribution >= 0.6 is 11.6 Å². The van der Waals surface area contributed by atoms with Crippen LogP contribution in [0.2, 0.25) is 5.02 Å². The lowest BCUT2D eigenvalue weighted by atomic mass is 9.95. The molecule has 3 aliphatic rings. The molecule has 2 aliphatic heterocycles. The minimum absolute atomic E-state index is 0.0240. The molecule has 3 fully saturated rings. The molecular formula is C27H41ClN4O2. The third kappa shape index (κ3) is 6.52. The Bertz CT molecular complexity index is 821. The summed E-state index contributed by atoms with van der Waals surface area (Å²) in [7, 11) is 0. The number of hydrogen-bond acceptors (Lipinski definition) is 4. The topological polar surface area (TPSA) is 55.9 Å². The van der Waals surface area contributed by atoms with Gasteiger partial charge in [-0.15, -0.1) is 0 Å². The Morgan fingerprint density at radius 3 is 2.47 bits per heavy atom. The number of carbonyl (C=O) groups is 2. The Hall–Kier alpha value is -1.63. The van der Waals surface area contributed by atoms with Crippen molar-refractivity contribution in [1.82, 2.24) is 20.0 Å². The fourth-order valence-corrected chi connectivity index (χ4v) is 6.24. The maximum absolute atomic E-state index is 13.4. The number of carbonyl (C=O) groups excluding carboxylic acids is 2. The van der Waals surface area contributed by atoms with Crippen molar-refractivity contribution in [3.8, 4) is 0 Å². The Balaban J connectivity index is 1.29. The van der Waals surface area contributed by atoms with Crippen LogP contribution in [0, 0.1) is 5.92 Å². The first-order valence-electron chi connectivity index (χ1n) is 13.3. The third-order valence-corrected chi connectivity index (χ3v) is 8.28. The quantitative estimate of drug-likeness (QED) is 0.561. The lowest BCUT2D eigenvalue weighted by Crippen LogP contribution is -2.58. The van der Waals surface area contributed by atoms with Crippen molar-refractivity contribution in [1.29, 1.82) is 0 Å². The summed E-state index contributed by atoms with van der Waals surface area (Å²) in [5.41, 5.74) is 0.633. The van der Waals surface area contributed by atoms with Gasteiger partial charge in [0.2, 0.25) is 5.91 Å². The van der Waals surface area contributed by atoms with Crippen LogP contribution in [-0.2, 0) is 4.79 Å². The van der Waals surface area contributed by atoms with E-state index in [0.29, 0.717) is 35.6 Å². The van der Waals surface area contributed by atoms with Gasteiger partial charge >= 0.3 is 0 Å². The summed E-state index contributed by atoms with van der Waals surface area (Å²) >= 11 is 6.08. The molecule has 0 spiro atoms. The molecule has 0 aromatic heterocycles. The van der Waals surface area contributed by atoms with Crippen LogP contribution in [0.1, 0.15) is 68.6 Å². The molecule has 1 aliphatic carbocycles. The molecule has 0 radical (unpaired) electrons. The van der Waals surface area contributed by atoms with Gasteiger partial charge in [-0.25, -0.2) is 0 Å². The van der Waals surface area contributed by atoms with E-state index in [1.54, 1.807) is 12.1 Å². The third-order valence-electron chi connectivity index (χ3n) is 8.04. The maximum Gasteiger partial charge on any atom is 0.253 e. The standard InChI is InChI=1S/C27H41ClN4O2/c1-21-8-4-5-14-30(21)15-7-13-29-26(33)25(22-9-2-3-10-22)31-16-18-32(19-17-31)27(34)23-11-6-12-24(28)20-23/h6,11-12,20-22,25H,2-5,7-10,13-19H2,1H3,(H,29,33)/t21-,25-/m1/s1. The van der Waals surface area contributed by atoms with E-state index in [9.17, 15) is 9.59 Å². The first kappa shape index (κ1) is 25.5. The van der Waals surface area contributed by atoms with Crippen molar-refractivity contribution in [3.63, 3.8) is 0 Å². The monoisotopic (exact) mass is 488 g/mol. The molecule has 34 heavy (non-hydrogen) atoms. The maximum atomic E-state index is 13.4. The molecule has 2 atom stereocenters. The highest BCUT2D eigenvalue weighted by molar-refractivity contribution is 6.30. The Kier molecular flexibility index (Phi) is 9.26. The van der Waals surface area contributed by atoms with E-state index >= 15 is 0 Å². The minimum atomic E-state index is -0.0696. The van der Waals surface area contributed by atoms with E-state index < -0.39 is 0 Å². The number of amides is 2. The average molecular weight is 489 g/mol. The molecule has 4 rings (SSSR count). The minimum Gasteiger partial charge on any atom is -0.355 e. The van der Waals surface area contributed by atoms with Gasteiger partial charge in [0.25, 0.3) is 5.91 Å². The normalized spacial score (nSPS) is 23.7. The molecule has 0 bridgehead atoms. The molecule has 2 heterocycles. The number of nitrogens with one attached hydrogen (secondary N) is 1. The van der Waals surface area contributed by atoms with Crippen LogP contribution in [0.3, 0.4) is 0 Å². The summed E-state index contributed by atoms with van der Waals surface area (Å²) in [4.78, 5) is 33.1. The van der Waals surface area contributed by atoms with Gasteiger partial charge in [-0.05, 0) is 69.7 Å². The van der Waals surface area contributed by atoms with Gasteiger partial charge in [0.15, 0.2) is 0 Å². The number of piperazine rings is 1. The fraction of sp³-hybridized carbons (Fsp3) is 0.704. The zero-order chi connectivity index (χ0) is 23.9. The van der Waals surface area contributed by atoms with Crippen molar-refractivity contribution >= 4 is 23.4 Å². The molecular weight excluding hydrogens is 448 g/mol. The van der Waals surface area contributed by atoms with Crippen LogP contribution < -0.4 is 5.32 Å². The zero-order valence-corrected chi connectivity index (χ0v) is 21.4. The Morgan fingerprint density at radius 1 is 1.03 bits per heavy atom. The molecule has 188 valence electrons. The van der Waals surface area contributed by atoms with E-state index in [4.69, 9.17) is 11.6 Å². The Labute approximate surface area is 210 Å². The van der Waals surface area contributed by atoms with Crippen LogP contribution in [0.5, 0.6) is 0 Å². The largest absolute Gasteiger partial charge is 0.355 e. The molecule has 6 nitrogen and oxygen atoms in total. The van der Waals surface area contributed by atoms with Crippen LogP contribution in [0.15, 0.2) is 24.3 Å². The fourth-order valence-electron chi connectivity index (χ4n) is 6.05. The SMILES string of the molecule is C[C@@H]1CCCCN1CCCNC(=O)[C@@H](C1CCCC1)N1CCN(C(=O)c2cccc(Cl)c2)CC1. The predicted molar refractivity (Wildman–Crippen MR) is 137 cm³/mol. The van der Waals surface area contributed by atoms with Crippen molar-refractivity contribution < 1.29 is 9.59 Å². The van der Waals surface area contributed by atoms with Gasteiger partial charge in [-0.1, -0.05) is 36.9 Å². The second-order valence-corrected chi connectivity index (χ2v) is 10.8. The molecule has 2 saturated heterocycles. The van der Waals surface area contributed by atoms with E-state index in [1.165, 1.54) is 38.6 Å². The van der Waals surface area contributed by atoms with Crippen LogP contribution in [0.4, 0.5) is 0 Å². The van der Waals surface area contributed by atoms with E-state index in [-0.39, 0.29) is 17.9 Å². The molecule has 2 amide bonds. The summed E-state index contributed by atoms with van der Waals surface area (Å²) in [6.45, 7) is 8.11. The molecule has 0 unspecified atom stereocenters. The summed E-state index contributed by atoms with van der Waals surface area (Å²) in [6.07, 6.45) is 9.64. The highest BCUT2D eigenvalue weighted by Gasteiger charge is 2.37. The lowest BCUT2D eigenvalue weighted by Gasteiger charge is -2.41. The number of hydrogen-bond donors (Lipinski definition) is 1.